The zero-order valence-electron chi connectivity index (χ0n) is 13.3. The maximum Gasteiger partial charge on any atom is 0.227 e. The van der Waals surface area contributed by atoms with Crippen LogP contribution in [0.5, 0.6) is 0 Å². The zero-order valence-corrected chi connectivity index (χ0v) is 13.3. The molecular formula is C17H24N2O2. The number of carbonyl (C=O) groups is 2. The quantitative estimate of drug-likeness (QED) is 0.925. The second-order valence-corrected chi connectivity index (χ2v) is 6.39. The second kappa shape index (κ2) is 6.29. The van der Waals surface area contributed by atoms with Gasteiger partial charge in [-0.1, -0.05) is 19.9 Å². The summed E-state index contributed by atoms with van der Waals surface area (Å²) in [6.45, 7) is 9.29. The Morgan fingerprint density at radius 3 is 2.48 bits per heavy atom. The molecule has 0 aromatic heterocycles. The molecule has 4 heteroatoms. The predicted octanol–water partition coefficient (Wildman–Crippen LogP) is 2.43. The molecule has 4 nitrogen and oxygen atoms in total. The fraction of sp³-hybridized carbons (Fsp3) is 0.529. The maximum atomic E-state index is 12.2. The molecule has 21 heavy (non-hydrogen) atoms. The molecule has 1 heterocycles. The molecule has 1 saturated heterocycles. The topological polar surface area (TPSA) is 49.4 Å². The Morgan fingerprint density at radius 1 is 1.29 bits per heavy atom. The van der Waals surface area contributed by atoms with Gasteiger partial charge in [0.15, 0.2) is 0 Å². The van der Waals surface area contributed by atoms with Crippen molar-refractivity contribution in [2.75, 3.05) is 18.0 Å². The van der Waals surface area contributed by atoms with Crippen LogP contribution in [-0.4, -0.2) is 24.9 Å². The molecule has 0 bridgehead atoms. The van der Waals surface area contributed by atoms with E-state index in [9.17, 15) is 9.59 Å². The lowest BCUT2D eigenvalue weighted by atomic mass is 10.1. The fourth-order valence-electron chi connectivity index (χ4n) is 2.69. The molecule has 0 aliphatic carbocycles. The van der Waals surface area contributed by atoms with E-state index in [1.165, 1.54) is 0 Å². The predicted molar refractivity (Wildman–Crippen MR) is 84.2 cm³/mol. The summed E-state index contributed by atoms with van der Waals surface area (Å²) in [6, 6.07) is 6.08. The van der Waals surface area contributed by atoms with E-state index >= 15 is 0 Å². The molecule has 1 aliphatic heterocycles. The average Bonchev–Trinajstić information content (AvgIpc) is 2.77. The molecule has 1 aromatic carbocycles. The maximum absolute atomic E-state index is 12.2. The van der Waals surface area contributed by atoms with Gasteiger partial charge in [0.1, 0.15) is 0 Å². The molecular weight excluding hydrogens is 264 g/mol. The molecule has 1 fully saturated rings. The number of nitrogens with zero attached hydrogens (tertiary/aromatic N) is 1. The Morgan fingerprint density at radius 2 is 1.90 bits per heavy atom. The first kappa shape index (κ1) is 15.5. The van der Waals surface area contributed by atoms with Gasteiger partial charge in [0.05, 0.1) is 5.92 Å². The molecule has 0 unspecified atom stereocenters. The first-order chi connectivity index (χ1) is 9.86. The molecule has 1 N–H and O–H groups in total. The number of amides is 2. The van der Waals surface area contributed by atoms with Gasteiger partial charge in [0.2, 0.25) is 11.8 Å². The van der Waals surface area contributed by atoms with Gasteiger partial charge < -0.3 is 10.2 Å². The molecule has 1 atom stereocenters. The van der Waals surface area contributed by atoms with Gasteiger partial charge in [-0.15, -0.1) is 0 Å². The lowest BCUT2D eigenvalue weighted by Crippen LogP contribution is -2.35. The third-order valence-electron chi connectivity index (χ3n) is 3.70. The smallest absolute Gasteiger partial charge is 0.227 e. The van der Waals surface area contributed by atoms with Gasteiger partial charge in [-0.25, -0.2) is 0 Å². The number of hydrogen-bond donors (Lipinski definition) is 1. The van der Waals surface area contributed by atoms with Crippen LogP contribution in [0.2, 0.25) is 0 Å². The molecule has 1 aliphatic rings. The van der Waals surface area contributed by atoms with Crippen LogP contribution in [0, 0.1) is 25.7 Å². The summed E-state index contributed by atoms with van der Waals surface area (Å²) >= 11 is 0. The van der Waals surface area contributed by atoms with E-state index in [2.05, 4.69) is 25.2 Å². The minimum Gasteiger partial charge on any atom is -0.356 e. The van der Waals surface area contributed by atoms with Crippen LogP contribution in [0.1, 0.15) is 31.4 Å². The van der Waals surface area contributed by atoms with Gasteiger partial charge in [-0.3, -0.25) is 9.59 Å². The molecule has 2 amide bonds. The van der Waals surface area contributed by atoms with E-state index in [-0.39, 0.29) is 17.7 Å². The Kier molecular flexibility index (Phi) is 4.66. The highest BCUT2D eigenvalue weighted by Crippen LogP contribution is 2.27. The summed E-state index contributed by atoms with van der Waals surface area (Å²) in [4.78, 5) is 26.0. The highest BCUT2D eigenvalue weighted by Gasteiger charge is 2.35. The number of anilines is 1. The number of hydrogen-bond acceptors (Lipinski definition) is 2. The largest absolute Gasteiger partial charge is 0.356 e. The highest BCUT2D eigenvalue weighted by molar-refractivity contribution is 6.00. The average molecular weight is 288 g/mol. The van der Waals surface area contributed by atoms with Crippen molar-refractivity contribution >= 4 is 17.5 Å². The number of nitrogens with one attached hydrogen (secondary N) is 1. The van der Waals surface area contributed by atoms with Crippen molar-refractivity contribution in [3.63, 3.8) is 0 Å². The Bertz CT molecular complexity index is 531. The third-order valence-corrected chi connectivity index (χ3v) is 3.70. The third kappa shape index (κ3) is 3.84. The van der Waals surface area contributed by atoms with Crippen molar-refractivity contribution in [1.82, 2.24) is 5.32 Å². The summed E-state index contributed by atoms with van der Waals surface area (Å²) in [6.07, 6.45) is 0.302. The fourth-order valence-corrected chi connectivity index (χ4v) is 2.69. The molecule has 0 saturated carbocycles. The normalized spacial score (nSPS) is 18.4. The summed E-state index contributed by atoms with van der Waals surface area (Å²) in [5, 5.41) is 2.92. The second-order valence-electron chi connectivity index (χ2n) is 6.39. The Hall–Kier alpha value is -1.84. The van der Waals surface area contributed by atoms with Gasteiger partial charge in [-0.2, -0.15) is 0 Å². The van der Waals surface area contributed by atoms with Crippen molar-refractivity contribution in [2.45, 2.75) is 34.1 Å². The molecule has 1 aromatic rings. The van der Waals surface area contributed by atoms with Crippen LogP contribution < -0.4 is 10.2 Å². The van der Waals surface area contributed by atoms with Crippen molar-refractivity contribution < 1.29 is 9.59 Å². The monoisotopic (exact) mass is 288 g/mol. The number of aryl methyl sites for hydroxylation is 2. The van der Waals surface area contributed by atoms with Gasteiger partial charge in [-0.05, 0) is 43.0 Å². The van der Waals surface area contributed by atoms with Gasteiger partial charge >= 0.3 is 0 Å². The summed E-state index contributed by atoms with van der Waals surface area (Å²) < 4.78 is 0. The zero-order chi connectivity index (χ0) is 15.6. The standard InChI is InChI=1S/C17H24N2O2/c1-11(2)9-18-17(21)14-8-16(20)19(10-14)15-6-12(3)5-13(4)7-15/h5-7,11,14H,8-10H2,1-4H3,(H,18,21)/t14-/m0/s1. The van der Waals surface area contributed by atoms with E-state index in [0.29, 0.717) is 25.4 Å². The molecule has 0 spiro atoms. The Labute approximate surface area is 126 Å². The number of rotatable bonds is 4. The van der Waals surface area contributed by atoms with E-state index in [1.807, 2.05) is 26.0 Å². The minimum absolute atomic E-state index is 0.0103. The van der Waals surface area contributed by atoms with Gasteiger partial charge in [0, 0.05) is 25.2 Å². The lowest BCUT2D eigenvalue weighted by Gasteiger charge is -2.18. The van der Waals surface area contributed by atoms with Crippen LogP contribution in [0.25, 0.3) is 0 Å². The molecule has 0 radical (unpaired) electrons. The van der Waals surface area contributed by atoms with Crippen LogP contribution in [0.3, 0.4) is 0 Å². The molecule has 2 rings (SSSR count). The van der Waals surface area contributed by atoms with E-state index in [0.717, 1.165) is 16.8 Å². The Balaban J connectivity index is 2.07. The van der Waals surface area contributed by atoms with Crippen LogP contribution in [-0.2, 0) is 9.59 Å². The highest BCUT2D eigenvalue weighted by atomic mass is 16.2. The SMILES string of the molecule is Cc1cc(C)cc(N2C[C@@H](C(=O)NCC(C)C)CC2=O)c1. The van der Waals surface area contributed by atoms with E-state index in [1.54, 1.807) is 4.90 Å². The molecule has 114 valence electrons. The summed E-state index contributed by atoms with van der Waals surface area (Å²) in [5.74, 6) is 0.201. The minimum atomic E-state index is -0.239. The van der Waals surface area contributed by atoms with Crippen molar-refractivity contribution in [2.24, 2.45) is 11.8 Å². The van der Waals surface area contributed by atoms with E-state index in [4.69, 9.17) is 0 Å². The summed E-state index contributed by atoms with van der Waals surface area (Å²) in [5.41, 5.74) is 3.16. The van der Waals surface area contributed by atoms with Crippen LogP contribution in [0.4, 0.5) is 5.69 Å². The van der Waals surface area contributed by atoms with Crippen LogP contribution >= 0.6 is 0 Å². The van der Waals surface area contributed by atoms with Crippen molar-refractivity contribution in [3.05, 3.63) is 29.3 Å². The van der Waals surface area contributed by atoms with Gasteiger partial charge in [0.25, 0.3) is 0 Å². The van der Waals surface area contributed by atoms with Crippen molar-refractivity contribution in [1.29, 1.82) is 0 Å². The first-order valence-electron chi connectivity index (χ1n) is 7.53. The summed E-state index contributed by atoms with van der Waals surface area (Å²) in [7, 11) is 0. The van der Waals surface area contributed by atoms with Crippen LogP contribution in [0.15, 0.2) is 18.2 Å². The first-order valence-corrected chi connectivity index (χ1v) is 7.53. The van der Waals surface area contributed by atoms with Crippen molar-refractivity contribution in [3.8, 4) is 0 Å². The lowest BCUT2D eigenvalue weighted by molar-refractivity contribution is -0.126. The van der Waals surface area contributed by atoms with E-state index < -0.39 is 0 Å². The number of benzene rings is 1. The number of carbonyl (C=O) groups excluding carboxylic acids is 2.